The number of carbonyl (C=O) groups excluding carboxylic acids is 1. The first-order valence-electron chi connectivity index (χ1n) is 9.04. The fraction of sp³-hybridized carbons (Fsp3) is 0.571. The van der Waals surface area contributed by atoms with Crippen LogP contribution >= 0.6 is 0 Å². The van der Waals surface area contributed by atoms with Gasteiger partial charge in [0.15, 0.2) is 0 Å². The number of alkyl halides is 1. The van der Waals surface area contributed by atoms with Gasteiger partial charge in [-0.3, -0.25) is 9.18 Å². The molecule has 3 heteroatoms. The summed E-state index contributed by atoms with van der Waals surface area (Å²) in [5.74, 6) is -0.137. The molecule has 0 N–H and O–H groups in total. The maximum absolute atomic E-state index is 11.9. The highest BCUT2D eigenvalue weighted by atomic mass is 19.1. The molecule has 0 saturated heterocycles. The highest BCUT2D eigenvalue weighted by Crippen LogP contribution is 2.02. The third-order valence-corrected chi connectivity index (χ3v) is 3.47. The monoisotopic (exact) mass is 336 g/mol. The molecule has 0 radical (unpaired) electrons. The Morgan fingerprint density at radius 2 is 1.25 bits per heavy atom. The largest absolute Gasteiger partial charge is 0.469 e. The van der Waals surface area contributed by atoms with Gasteiger partial charge in [0.2, 0.25) is 0 Å². The van der Waals surface area contributed by atoms with Crippen LogP contribution in [-0.4, -0.2) is 19.8 Å². The van der Waals surface area contributed by atoms with E-state index in [0.717, 1.165) is 51.4 Å². The van der Waals surface area contributed by atoms with E-state index in [4.69, 9.17) is 0 Å². The van der Waals surface area contributed by atoms with E-state index in [9.17, 15) is 9.18 Å². The topological polar surface area (TPSA) is 26.3 Å². The van der Waals surface area contributed by atoms with Gasteiger partial charge in [-0.25, -0.2) is 0 Å². The van der Waals surface area contributed by atoms with Crippen molar-refractivity contribution in [2.45, 2.75) is 64.2 Å². The molecular weight excluding hydrogens is 303 g/mol. The van der Waals surface area contributed by atoms with Gasteiger partial charge >= 0.3 is 5.97 Å². The zero-order valence-corrected chi connectivity index (χ0v) is 15.1. The second-order valence-corrected chi connectivity index (χ2v) is 5.60. The average molecular weight is 336 g/mol. The lowest BCUT2D eigenvalue weighted by atomic mass is 10.2. The quantitative estimate of drug-likeness (QED) is 0.200. The van der Waals surface area contributed by atoms with E-state index in [1.165, 1.54) is 7.11 Å². The van der Waals surface area contributed by atoms with E-state index >= 15 is 0 Å². The summed E-state index contributed by atoms with van der Waals surface area (Å²) in [6.07, 6.45) is 26.2. The number of hydrogen-bond acceptors (Lipinski definition) is 2. The number of methoxy groups -OCH3 is 1. The molecule has 0 saturated carbocycles. The summed E-state index contributed by atoms with van der Waals surface area (Å²) in [7, 11) is 1.42. The van der Waals surface area contributed by atoms with Gasteiger partial charge in [0.05, 0.1) is 13.8 Å². The average Bonchev–Trinajstić information content (AvgIpc) is 2.60. The predicted octanol–water partition coefficient (Wildman–Crippen LogP) is 6.25. The molecule has 2 nitrogen and oxygen atoms in total. The Bertz CT molecular complexity index is 395. The van der Waals surface area contributed by atoms with Gasteiger partial charge < -0.3 is 4.74 Å². The Morgan fingerprint density at radius 3 is 1.75 bits per heavy atom. The fourth-order valence-electron chi connectivity index (χ4n) is 2.05. The molecule has 136 valence electrons. The number of esters is 1. The van der Waals surface area contributed by atoms with E-state index in [-0.39, 0.29) is 12.6 Å². The summed E-state index contributed by atoms with van der Waals surface area (Å²) in [5.41, 5.74) is 0. The summed E-state index contributed by atoms with van der Waals surface area (Å²) in [5, 5.41) is 0. The van der Waals surface area contributed by atoms with E-state index in [0.29, 0.717) is 12.8 Å². The van der Waals surface area contributed by atoms with Gasteiger partial charge in [-0.15, -0.1) is 0 Å². The molecule has 0 aromatic heterocycles. The van der Waals surface area contributed by atoms with Crippen molar-refractivity contribution < 1.29 is 13.9 Å². The molecule has 0 aliphatic rings. The van der Waals surface area contributed by atoms with Gasteiger partial charge in [-0.1, -0.05) is 55.0 Å². The summed E-state index contributed by atoms with van der Waals surface area (Å²) < 4.78 is 16.5. The third-order valence-electron chi connectivity index (χ3n) is 3.47. The molecule has 0 bridgehead atoms. The van der Waals surface area contributed by atoms with Crippen molar-refractivity contribution in [3.05, 3.63) is 48.6 Å². The molecule has 0 spiro atoms. The van der Waals surface area contributed by atoms with Gasteiger partial charge in [-0.2, -0.15) is 0 Å². The lowest BCUT2D eigenvalue weighted by molar-refractivity contribution is -0.140. The number of hydrogen-bond donors (Lipinski definition) is 0. The van der Waals surface area contributed by atoms with Gasteiger partial charge in [0.1, 0.15) is 0 Å². The van der Waals surface area contributed by atoms with E-state index < -0.39 is 0 Å². The van der Waals surface area contributed by atoms with Crippen LogP contribution in [0.2, 0.25) is 0 Å². The Hall–Kier alpha value is -1.64. The number of unbranched alkanes of at least 4 members (excludes halogenated alkanes) is 4. The molecule has 0 aromatic rings. The minimum Gasteiger partial charge on any atom is -0.469 e. The summed E-state index contributed by atoms with van der Waals surface area (Å²) in [4.78, 5) is 10.9. The summed E-state index contributed by atoms with van der Waals surface area (Å²) in [6, 6.07) is 0. The van der Waals surface area contributed by atoms with Crippen molar-refractivity contribution >= 4 is 5.97 Å². The summed E-state index contributed by atoms with van der Waals surface area (Å²) >= 11 is 0. The molecule has 0 aliphatic heterocycles. The van der Waals surface area contributed by atoms with E-state index in [1.54, 1.807) is 0 Å². The van der Waals surface area contributed by atoms with Gasteiger partial charge in [0.25, 0.3) is 0 Å². The molecule has 0 aliphatic carbocycles. The molecule has 0 amide bonds. The molecule has 24 heavy (non-hydrogen) atoms. The van der Waals surface area contributed by atoms with Crippen molar-refractivity contribution in [1.82, 2.24) is 0 Å². The molecule has 0 aromatic carbocycles. The normalized spacial score (nSPS) is 12.2. The van der Waals surface area contributed by atoms with Crippen LogP contribution < -0.4 is 0 Å². The number of halogens is 1. The molecular formula is C21H33FO2. The lowest BCUT2D eigenvalue weighted by Crippen LogP contribution is -1.98. The lowest BCUT2D eigenvalue weighted by Gasteiger charge is -1.95. The van der Waals surface area contributed by atoms with Crippen molar-refractivity contribution in [3.63, 3.8) is 0 Å². The van der Waals surface area contributed by atoms with E-state index in [2.05, 4.69) is 53.3 Å². The molecule has 0 fully saturated rings. The smallest absolute Gasteiger partial charge is 0.305 e. The van der Waals surface area contributed by atoms with Crippen LogP contribution in [0.3, 0.4) is 0 Å². The van der Waals surface area contributed by atoms with Crippen LogP contribution in [0.4, 0.5) is 4.39 Å². The molecule has 0 unspecified atom stereocenters. The van der Waals surface area contributed by atoms with E-state index in [1.807, 2.05) is 0 Å². The number of carbonyl (C=O) groups is 1. The maximum Gasteiger partial charge on any atom is 0.305 e. The van der Waals surface area contributed by atoms with Crippen LogP contribution in [0.1, 0.15) is 64.2 Å². The zero-order chi connectivity index (χ0) is 17.7. The Morgan fingerprint density at radius 1 is 0.750 bits per heavy atom. The Kier molecular flexibility index (Phi) is 18.1. The number of ether oxygens (including phenoxy) is 1. The van der Waals surface area contributed by atoms with Crippen LogP contribution in [0.15, 0.2) is 48.6 Å². The minimum absolute atomic E-state index is 0.137. The van der Waals surface area contributed by atoms with Crippen LogP contribution in [0, 0.1) is 0 Å². The van der Waals surface area contributed by atoms with Crippen LogP contribution in [-0.2, 0) is 9.53 Å². The second kappa shape index (κ2) is 19.4. The molecule has 0 atom stereocenters. The fourth-order valence-corrected chi connectivity index (χ4v) is 2.05. The Labute approximate surface area is 147 Å². The second-order valence-electron chi connectivity index (χ2n) is 5.60. The number of allylic oxidation sites excluding steroid dienone is 8. The maximum atomic E-state index is 11.9. The zero-order valence-electron chi connectivity index (χ0n) is 15.1. The van der Waals surface area contributed by atoms with Crippen LogP contribution in [0.5, 0.6) is 0 Å². The first-order valence-corrected chi connectivity index (χ1v) is 9.04. The van der Waals surface area contributed by atoms with Crippen molar-refractivity contribution in [2.24, 2.45) is 0 Å². The van der Waals surface area contributed by atoms with Crippen molar-refractivity contribution in [2.75, 3.05) is 13.8 Å². The Balaban J connectivity index is 3.41. The van der Waals surface area contributed by atoms with Crippen molar-refractivity contribution in [3.8, 4) is 0 Å². The molecule has 0 heterocycles. The first-order chi connectivity index (χ1) is 11.8. The first kappa shape index (κ1) is 22.4. The van der Waals surface area contributed by atoms with Gasteiger partial charge in [0, 0.05) is 6.42 Å². The minimum atomic E-state index is -0.189. The number of rotatable bonds is 15. The SMILES string of the molecule is COC(=O)CCC/C=C\C/C=C\C/C=C\C/C=C\CCCCCF. The molecule has 0 rings (SSSR count). The van der Waals surface area contributed by atoms with Gasteiger partial charge in [-0.05, 0) is 51.4 Å². The predicted molar refractivity (Wildman–Crippen MR) is 101 cm³/mol. The summed E-state index contributed by atoms with van der Waals surface area (Å²) in [6.45, 7) is -0.189. The highest BCUT2D eigenvalue weighted by molar-refractivity contribution is 5.69. The van der Waals surface area contributed by atoms with Crippen molar-refractivity contribution in [1.29, 1.82) is 0 Å². The standard InChI is InChI=1S/C21H33FO2/c1-24-21(23)19-17-15-13-11-9-7-5-3-2-4-6-8-10-12-14-16-18-20-22/h2,4-5,7-8,10-11,13H,3,6,9,12,14-20H2,1H3/b4-2-,7-5-,10-8-,13-11-. The third kappa shape index (κ3) is 18.4. The van der Waals surface area contributed by atoms with Crippen LogP contribution in [0.25, 0.3) is 0 Å². The highest BCUT2D eigenvalue weighted by Gasteiger charge is 1.96.